The number of hydrogen-bond acceptors (Lipinski definition) is 1. The van der Waals surface area contributed by atoms with Gasteiger partial charge in [0.2, 0.25) is 0 Å². The van der Waals surface area contributed by atoms with Gasteiger partial charge < -0.3 is 5.11 Å². The van der Waals surface area contributed by atoms with E-state index in [0.717, 1.165) is 26.5 Å². The van der Waals surface area contributed by atoms with Crippen LogP contribution in [0.5, 0.6) is 0 Å². The van der Waals surface area contributed by atoms with E-state index in [0.29, 0.717) is 0 Å². The number of aliphatic hydroxyl groups is 1. The van der Waals surface area contributed by atoms with Crippen LogP contribution < -0.4 is 0 Å². The first-order valence-corrected chi connectivity index (χ1v) is 8.42. The largest absolute Gasteiger partial charge is 0.384 e. The lowest BCUT2D eigenvalue weighted by Crippen LogP contribution is -2.01. The second kappa shape index (κ2) is 7.39. The number of aliphatic hydroxyl groups excluding tert-OH is 1. The molecule has 0 radical (unpaired) electrons. The lowest BCUT2D eigenvalue weighted by molar-refractivity contribution is 0.219. The summed E-state index contributed by atoms with van der Waals surface area (Å²) in [5.41, 5.74) is 3.14. The summed E-state index contributed by atoms with van der Waals surface area (Å²) in [5.74, 6) is 0. The molecule has 0 aromatic heterocycles. The van der Waals surface area contributed by atoms with E-state index < -0.39 is 6.10 Å². The summed E-state index contributed by atoms with van der Waals surface area (Å²) in [6.07, 6.45) is 2.92. The third-order valence-corrected chi connectivity index (χ3v) is 4.55. The van der Waals surface area contributed by atoms with Crippen LogP contribution in [-0.2, 0) is 6.42 Å². The molecule has 106 valence electrons. The maximum atomic E-state index is 10.5. The minimum absolute atomic E-state index is 0.599. The number of halogens is 2. The topological polar surface area (TPSA) is 20.2 Å². The van der Waals surface area contributed by atoms with E-state index in [1.54, 1.807) is 0 Å². The molecule has 0 saturated carbocycles. The molecule has 2 aromatic rings. The molecular formula is C17H18Br2O. The summed E-state index contributed by atoms with van der Waals surface area (Å²) in [6.45, 7) is 2.20. The average Bonchev–Trinajstić information content (AvgIpc) is 2.45. The molecule has 3 heteroatoms. The zero-order chi connectivity index (χ0) is 14.5. The predicted octanol–water partition coefficient (Wildman–Crippen LogP) is 5.64. The highest BCUT2D eigenvalue weighted by atomic mass is 79.9. The molecule has 0 bridgehead atoms. The Hall–Kier alpha value is -0.640. The van der Waals surface area contributed by atoms with Crippen molar-refractivity contribution in [2.45, 2.75) is 32.3 Å². The van der Waals surface area contributed by atoms with Gasteiger partial charge >= 0.3 is 0 Å². The van der Waals surface area contributed by atoms with Crippen molar-refractivity contribution in [2.24, 2.45) is 0 Å². The molecule has 0 fully saturated rings. The second-order valence-corrected chi connectivity index (χ2v) is 6.68. The van der Waals surface area contributed by atoms with E-state index in [9.17, 15) is 5.11 Å². The molecule has 20 heavy (non-hydrogen) atoms. The second-order valence-electron chi connectivity index (χ2n) is 4.91. The summed E-state index contributed by atoms with van der Waals surface area (Å²) in [6, 6.07) is 14.1. The Morgan fingerprint density at radius 1 is 1.05 bits per heavy atom. The molecule has 0 aliphatic carbocycles. The van der Waals surface area contributed by atoms with Crippen LogP contribution in [0.25, 0.3) is 0 Å². The SMILES string of the molecule is CCCCc1ccc(C(O)c2ccc(Br)cc2Br)cc1. The van der Waals surface area contributed by atoms with Gasteiger partial charge in [-0.05, 0) is 41.7 Å². The predicted molar refractivity (Wildman–Crippen MR) is 91.0 cm³/mol. The summed E-state index contributed by atoms with van der Waals surface area (Å²) in [4.78, 5) is 0. The van der Waals surface area contributed by atoms with Crippen LogP contribution in [0.3, 0.4) is 0 Å². The van der Waals surface area contributed by atoms with Crippen molar-refractivity contribution in [1.82, 2.24) is 0 Å². The molecule has 0 saturated heterocycles. The highest BCUT2D eigenvalue weighted by molar-refractivity contribution is 9.11. The minimum atomic E-state index is -0.599. The normalized spacial score (nSPS) is 12.4. The fourth-order valence-corrected chi connectivity index (χ4v) is 3.41. The van der Waals surface area contributed by atoms with E-state index >= 15 is 0 Å². The fourth-order valence-electron chi connectivity index (χ4n) is 2.15. The van der Waals surface area contributed by atoms with Crippen LogP contribution in [0.15, 0.2) is 51.4 Å². The first-order chi connectivity index (χ1) is 9.61. The summed E-state index contributed by atoms with van der Waals surface area (Å²) in [7, 11) is 0. The molecule has 1 unspecified atom stereocenters. The van der Waals surface area contributed by atoms with Gasteiger partial charge in [-0.1, -0.05) is 75.5 Å². The van der Waals surface area contributed by atoms with Crippen molar-refractivity contribution in [3.63, 3.8) is 0 Å². The Morgan fingerprint density at radius 2 is 1.75 bits per heavy atom. The first kappa shape index (κ1) is 15.7. The van der Waals surface area contributed by atoms with Crippen molar-refractivity contribution in [1.29, 1.82) is 0 Å². The Labute approximate surface area is 137 Å². The van der Waals surface area contributed by atoms with Gasteiger partial charge in [-0.15, -0.1) is 0 Å². The Bertz CT molecular complexity index is 564. The van der Waals surface area contributed by atoms with Crippen LogP contribution in [-0.4, -0.2) is 5.11 Å². The maximum absolute atomic E-state index is 10.5. The van der Waals surface area contributed by atoms with Crippen LogP contribution in [0.1, 0.15) is 42.6 Å². The maximum Gasteiger partial charge on any atom is 0.105 e. The molecule has 2 rings (SSSR count). The molecule has 0 aliphatic rings. The highest BCUT2D eigenvalue weighted by Gasteiger charge is 2.13. The molecule has 0 spiro atoms. The van der Waals surface area contributed by atoms with E-state index in [4.69, 9.17) is 0 Å². The summed E-state index contributed by atoms with van der Waals surface area (Å²) < 4.78 is 1.91. The van der Waals surface area contributed by atoms with Gasteiger partial charge in [-0.3, -0.25) is 0 Å². The molecule has 1 N–H and O–H groups in total. The van der Waals surface area contributed by atoms with Gasteiger partial charge in [0.25, 0.3) is 0 Å². The summed E-state index contributed by atoms with van der Waals surface area (Å²) >= 11 is 6.93. The molecule has 0 heterocycles. The van der Waals surface area contributed by atoms with Crippen LogP contribution in [0.2, 0.25) is 0 Å². The third-order valence-electron chi connectivity index (χ3n) is 3.37. The van der Waals surface area contributed by atoms with Gasteiger partial charge in [0, 0.05) is 8.95 Å². The minimum Gasteiger partial charge on any atom is -0.384 e. The number of unbranched alkanes of at least 4 members (excludes halogenated alkanes) is 1. The van der Waals surface area contributed by atoms with Crippen molar-refractivity contribution in [2.75, 3.05) is 0 Å². The van der Waals surface area contributed by atoms with Crippen LogP contribution in [0, 0.1) is 0 Å². The quantitative estimate of drug-likeness (QED) is 0.692. The van der Waals surface area contributed by atoms with Gasteiger partial charge in [0.15, 0.2) is 0 Å². The van der Waals surface area contributed by atoms with E-state index in [1.807, 2.05) is 30.3 Å². The lowest BCUT2D eigenvalue weighted by Gasteiger charge is -2.14. The van der Waals surface area contributed by atoms with Crippen molar-refractivity contribution in [3.05, 3.63) is 68.1 Å². The van der Waals surface area contributed by atoms with E-state index in [-0.39, 0.29) is 0 Å². The van der Waals surface area contributed by atoms with Crippen LogP contribution >= 0.6 is 31.9 Å². The van der Waals surface area contributed by atoms with Crippen molar-refractivity contribution < 1.29 is 5.11 Å². The highest BCUT2D eigenvalue weighted by Crippen LogP contribution is 2.30. The van der Waals surface area contributed by atoms with Gasteiger partial charge in [-0.2, -0.15) is 0 Å². The molecule has 0 amide bonds. The Balaban J connectivity index is 2.18. The number of aryl methyl sites for hydroxylation is 1. The number of hydrogen-bond donors (Lipinski definition) is 1. The third kappa shape index (κ3) is 3.94. The van der Waals surface area contributed by atoms with Gasteiger partial charge in [0.1, 0.15) is 6.10 Å². The average molecular weight is 398 g/mol. The fraction of sp³-hybridized carbons (Fsp3) is 0.294. The number of benzene rings is 2. The van der Waals surface area contributed by atoms with Gasteiger partial charge in [0.05, 0.1) is 0 Å². The standard InChI is InChI=1S/C17H18Br2O/c1-2-3-4-12-5-7-13(8-6-12)17(20)15-10-9-14(18)11-16(15)19/h5-11,17,20H,2-4H2,1H3. The molecule has 1 nitrogen and oxygen atoms in total. The molecule has 2 aromatic carbocycles. The van der Waals surface area contributed by atoms with Crippen molar-refractivity contribution >= 4 is 31.9 Å². The monoisotopic (exact) mass is 396 g/mol. The lowest BCUT2D eigenvalue weighted by atomic mass is 9.99. The smallest absolute Gasteiger partial charge is 0.105 e. The van der Waals surface area contributed by atoms with Crippen LogP contribution in [0.4, 0.5) is 0 Å². The zero-order valence-corrected chi connectivity index (χ0v) is 14.6. The van der Waals surface area contributed by atoms with Gasteiger partial charge in [-0.25, -0.2) is 0 Å². The zero-order valence-electron chi connectivity index (χ0n) is 11.4. The first-order valence-electron chi connectivity index (χ1n) is 6.83. The van der Waals surface area contributed by atoms with Crippen molar-refractivity contribution in [3.8, 4) is 0 Å². The molecular weight excluding hydrogens is 380 g/mol. The Kier molecular flexibility index (Phi) is 5.82. The molecule has 1 atom stereocenters. The Morgan fingerprint density at radius 3 is 2.35 bits per heavy atom. The summed E-state index contributed by atoms with van der Waals surface area (Å²) in [5, 5.41) is 10.5. The van der Waals surface area contributed by atoms with E-state index in [2.05, 4.69) is 50.9 Å². The molecule has 0 aliphatic heterocycles. The number of rotatable bonds is 5. The van der Waals surface area contributed by atoms with E-state index in [1.165, 1.54) is 18.4 Å².